The number of hydrogen-bond donors (Lipinski definition) is 0. The van der Waals surface area contributed by atoms with Crippen LogP contribution >= 0.6 is 24.8 Å². The molecule has 0 amide bonds. The van der Waals surface area contributed by atoms with Gasteiger partial charge in [0.1, 0.15) is 0 Å². The molecule has 0 aromatic rings. The van der Waals surface area contributed by atoms with Crippen molar-refractivity contribution in [1.82, 2.24) is 0 Å². The van der Waals surface area contributed by atoms with Gasteiger partial charge in [-0.25, -0.2) is 0 Å². The molecule has 0 atom stereocenters. The summed E-state index contributed by atoms with van der Waals surface area (Å²) < 4.78 is 3.88. The predicted octanol–water partition coefficient (Wildman–Crippen LogP) is 7.50. The maximum atomic E-state index is 2.52. The molecule has 4 rings (SSSR count). The van der Waals surface area contributed by atoms with E-state index >= 15 is 0 Å². The fraction of sp³-hybridized carbons (Fsp3) is 0.636. The zero-order valence-corrected chi connectivity index (χ0v) is 19.4. The molecular weight excluding hydrogens is 426 g/mol. The second-order valence-corrected chi connectivity index (χ2v) is 11.5. The summed E-state index contributed by atoms with van der Waals surface area (Å²) in [5.41, 5.74) is 3.64. The first-order valence-electron chi connectivity index (χ1n) is 9.98. The van der Waals surface area contributed by atoms with Crippen molar-refractivity contribution in [3.63, 3.8) is 0 Å². The molecule has 0 unspecified atom stereocenters. The van der Waals surface area contributed by atoms with Crippen LogP contribution in [0.4, 0.5) is 0 Å². The van der Waals surface area contributed by atoms with Gasteiger partial charge in [-0.1, -0.05) is 0 Å². The molecule has 0 radical (unpaired) electrons. The van der Waals surface area contributed by atoms with Crippen molar-refractivity contribution in [3.05, 3.63) is 42.0 Å². The van der Waals surface area contributed by atoms with Crippen molar-refractivity contribution in [1.29, 1.82) is 0 Å². The number of rotatable bonds is 4. The third-order valence-corrected chi connectivity index (χ3v) is 10.2. The Morgan fingerprint density at radius 2 is 1.00 bits per heavy atom. The molecule has 0 aromatic heterocycles. The molecule has 3 heteroatoms. The third-order valence-electron chi connectivity index (χ3n) is 6.33. The molecule has 4 aliphatic rings. The third kappa shape index (κ3) is 5.24. The van der Waals surface area contributed by atoms with Gasteiger partial charge in [0.2, 0.25) is 0 Å². The summed E-state index contributed by atoms with van der Waals surface area (Å²) >= 11 is -0.514. The maximum absolute atomic E-state index is 2.52. The van der Waals surface area contributed by atoms with Crippen LogP contribution in [0.5, 0.6) is 0 Å². The van der Waals surface area contributed by atoms with Gasteiger partial charge in [0.25, 0.3) is 0 Å². The second kappa shape index (κ2) is 10.7. The molecule has 0 aromatic carbocycles. The summed E-state index contributed by atoms with van der Waals surface area (Å²) in [5.74, 6) is 1.85. The van der Waals surface area contributed by atoms with Crippen LogP contribution in [0.15, 0.2) is 42.0 Å². The van der Waals surface area contributed by atoms with E-state index < -0.39 is 23.2 Å². The molecule has 0 saturated heterocycles. The maximum Gasteiger partial charge on any atom is -0.147 e. The van der Waals surface area contributed by atoms with Crippen LogP contribution < -0.4 is 0 Å². The van der Waals surface area contributed by atoms with Gasteiger partial charge in [0.05, 0.1) is 0 Å². The summed E-state index contributed by atoms with van der Waals surface area (Å²) in [4.78, 5) is 0. The minimum absolute atomic E-state index is 0. The Balaban J connectivity index is 0.00000113. The molecule has 0 heterocycles. The van der Waals surface area contributed by atoms with E-state index in [1.165, 1.54) is 77.0 Å². The fourth-order valence-corrected chi connectivity index (χ4v) is 9.16. The van der Waals surface area contributed by atoms with E-state index in [0.29, 0.717) is 0 Å². The Hall–Kier alpha value is 0.423. The minimum Gasteiger partial charge on any atom is -0.147 e. The Morgan fingerprint density at radius 1 is 0.600 bits per heavy atom. The van der Waals surface area contributed by atoms with Gasteiger partial charge < -0.3 is 0 Å². The smallest absolute Gasteiger partial charge is 0.147 e. The van der Waals surface area contributed by atoms with Crippen LogP contribution in [-0.4, -0.2) is 0 Å². The monoisotopic (exact) mass is 456 g/mol. The minimum atomic E-state index is -0.514. The zero-order chi connectivity index (χ0) is 15.5. The van der Waals surface area contributed by atoms with E-state index in [1.807, 2.05) is 17.7 Å². The van der Waals surface area contributed by atoms with Crippen molar-refractivity contribution in [2.75, 3.05) is 0 Å². The molecule has 0 spiro atoms. The Kier molecular flexibility index (Phi) is 9.28. The van der Waals surface area contributed by atoms with Crippen molar-refractivity contribution < 1.29 is 23.2 Å². The Bertz CT molecular complexity index is 509. The Morgan fingerprint density at radius 3 is 1.40 bits per heavy atom. The molecule has 0 bridgehead atoms. The fourth-order valence-electron chi connectivity index (χ4n) is 5.07. The van der Waals surface area contributed by atoms with Crippen LogP contribution in [0.25, 0.3) is 0 Å². The van der Waals surface area contributed by atoms with E-state index in [-0.39, 0.29) is 24.8 Å². The standard InChI is InChI=1S/2C11H15.2ClH.Zr/c2*1-2-6-10(7-3-1)11-8-4-5-9-11;;;/h2*4,8,10H,1-3,5-7H2;2*1H;. The van der Waals surface area contributed by atoms with Crippen LogP contribution in [0, 0.1) is 11.8 Å². The van der Waals surface area contributed by atoms with Crippen LogP contribution in [-0.2, 0) is 23.2 Å². The van der Waals surface area contributed by atoms with Gasteiger partial charge in [0.15, 0.2) is 0 Å². The largest absolute Gasteiger partial charge is 0.147 e. The molecule has 25 heavy (non-hydrogen) atoms. The first kappa shape index (κ1) is 21.7. The predicted molar refractivity (Wildman–Crippen MR) is 109 cm³/mol. The number of allylic oxidation sites excluding steroid dienone is 8. The van der Waals surface area contributed by atoms with Crippen molar-refractivity contribution in [2.24, 2.45) is 11.8 Å². The molecule has 2 saturated carbocycles. The first-order valence-corrected chi connectivity index (χ1v) is 12.4. The van der Waals surface area contributed by atoms with Crippen molar-refractivity contribution in [3.8, 4) is 0 Å². The summed E-state index contributed by atoms with van der Waals surface area (Å²) in [7, 11) is 0. The van der Waals surface area contributed by atoms with E-state index in [2.05, 4.69) is 24.3 Å². The average Bonchev–Trinajstić information content (AvgIpc) is 3.26. The molecule has 0 N–H and O–H groups in total. The molecular formula is C22H32Cl2Zr. The zero-order valence-electron chi connectivity index (χ0n) is 15.3. The quantitative estimate of drug-likeness (QED) is 0.409. The topological polar surface area (TPSA) is 0 Å². The van der Waals surface area contributed by atoms with Crippen LogP contribution in [0.3, 0.4) is 0 Å². The molecule has 4 aliphatic carbocycles. The number of hydrogen-bond acceptors (Lipinski definition) is 0. The summed E-state index contributed by atoms with van der Waals surface area (Å²) in [6.45, 7) is 0. The van der Waals surface area contributed by atoms with E-state index in [4.69, 9.17) is 0 Å². The van der Waals surface area contributed by atoms with Gasteiger partial charge in [-0.15, -0.1) is 24.8 Å². The first-order chi connectivity index (χ1) is 11.4. The summed E-state index contributed by atoms with van der Waals surface area (Å²) in [6, 6.07) is 0. The normalized spacial score (nSPS) is 24.5. The van der Waals surface area contributed by atoms with Gasteiger partial charge in [-0.3, -0.25) is 0 Å². The van der Waals surface area contributed by atoms with Crippen LogP contribution in [0.2, 0.25) is 0 Å². The van der Waals surface area contributed by atoms with Gasteiger partial charge >= 0.3 is 154 Å². The van der Waals surface area contributed by atoms with Crippen molar-refractivity contribution in [2.45, 2.75) is 77.0 Å². The molecule has 0 aliphatic heterocycles. The van der Waals surface area contributed by atoms with E-state index in [9.17, 15) is 0 Å². The summed E-state index contributed by atoms with van der Waals surface area (Å²) in [5, 5.41) is 0. The number of halogens is 2. The van der Waals surface area contributed by atoms with Crippen molar-refractivity contribution >= 4 is 24.8 Å². The molecule has 0 nitrogen and oxygen atoms in total. The SMILES string of the molecule is C1=CC(C2CCCCC2)=[C]([Zr][C]2=C(C3CCCCC3)C=CC2)C1.Cl.Cl. The van der Waals surface area contributed by atoms with E-state index in [1.54, 1.807) is 0 Å². The van der Waals surface area contributed by atoms with Gasteiger partial charge in [0, 0.05) is 0 Å². The Labute approximate surface area is 178 Å². The van der Waals surface area contributed by atoms with Crippen LogP contribution in [0.1, 0.15) is 77.0 Å². The second-order valence-electron chi connectivity index (χ2n) is 7.88. The van der Waals surface area contributed by atoms with Gasteiger partial charge in [-0.05, 0) is 0 Å². The molecule has 138 valence electrons. The van der Waals surface area contributed by atoms with E-state index in [0.717, 1.165) is 11.8 Å². The average molecular weight is 459 g/mol. The molecule has 2 fully saturated rings. The van der Waals surface area contributed by atoms with Gasteiger partial charge in [-0.2, -0.15) is 0 Å². The summed E-state index contributed by atoms with van der Waals surface area (Å²) in [6.07, 6.45) is 27.3.